The molecule has 1 N–H and O–H groups in total. The van der Waals surface area contributed by atoms with Crippen molar-refractivity contribution < 1.29 is 9.47 Å². The van der Waals surface area contributed by atoms with E-state index in [1.165, 1.54) is 12.0 Å². The summed E-state index contributed by atoms with van der Waals surface area (Å²) in [6.07, 6.45) is 1.17. The van der Waals surface area contributed by atoms with Crippen LogP contribution < -0.4 is 14.8 Å². The van der Waals surface area contributed by atoms with Crippen molar-refractivity contribution in [2.45, 2.75) is 12.0 Å². The molecule has 1 fully saturated rings. The van der Waals surface area contributed by atoms with E-state index in [2.05, 4.69) is 11.4 Å². The van der Waals surface area contributed by atoms with E-state index < -0.39 is 0 Å². The summed E-state index contributed by atoms with van der Waals surface area (Å²) < 4.78 is 10.8. The number of hydrogen-bond donors (Lipinski definition) is 1. The van der Waals surface area contributed by atoms with Crippen molar-refractivity contribution in [2.24, 2.45) is 0 Å². The number of benzene rings is 1. The van der Waals surface area contributed by atoms with Crippen LogP contribution in [0.15, 0.2) is 18.2 Å². The molecule has 1 spiro atoms. The molecular formula is C11H13NO2. The zero-order valence-corrected chi connectivity index (χ0v) is 8.17. The lowest BCUT2D eigenvalue weighted by molar-refractivity contribution is 0.154. The van der Waals surface area contributed by atoms with Crippen LogP contribution in [0.5, 0.6) is 11.5 Å². The summed E-state index contributed by atoms with van der Waals surface area (Å²) >= 11 is 0. The highest BCUT2D eigenvalue weighted by Crippen LogP contribution is 2.44. The van der Waals surface area contributed by atoms with Crippen LogP contribution in [0.2, 0.25) is 0 Å². The van der Waals surface area contributed by atoms with Gasteiger partial charge in [-0.2, -0.15) is 0 Å². The molecule has 0 amide bonds. The molecule has 3 rings (SSSR count). The fourth-order valence-electron chi connectivity index (χ4n) is 2.20. The Labute approximate surface area is 83.0 Å². The first-order valence-corrected chi connectivity index (χ1v) is 4.90. The maximum Gasteiger partial charge on any atom is 0.128 e. The van der Waals surface area contributed by atoms with Gasteiger partial charge in [-0.05, 0) is 25.1 Å². The second kappa shape index (κ2) is 2.64. The maximum atomic E-state index is 5.66. The third kappa shape index (κ3) is 0.904. The van der Waals surface area contributed by atoms with Crippen LogP contribution in [0.4, 0.5) is 0 Å². The van der Waals surface area contributed by atoms with E-state index in [1.54, 1.807) is 7.11 Å². The smallest absolute Gasteiger partial charge is 0.128 e. The van der Waals surface area contributed by atoms with Crippen LogP contribution in [0.25, 0.3) is 0 Å². The average molecular weight is 191 g/mol. The summed E-state index contributed by atoms with van der Waals surface area (Å²) in [7, 11) is 1.67. The molecule has 2 aliphatic heterocycles. The quantitative estimate of drug-likeness (QED) is 0.725. The molecule has 14 heavy (non-hydrogen) atoms. The number of nitrogens with one attached hydrogen (secondary N) is 1. The topological polar surface area (TPSA) is 30.5 Å². The van der Waals surface area contributed by atoms with Gasteiger partial charge in [-0.25, -0.2) is 0 Å². The second-order valence-corrected chi connectivity index (χ2v) is 3.91. The third-order valence-electron chi connectivity index (χ3n) is 3.19. The Hall–Kier alpha value is -1.22. The minimum absolute atomic E-state index is 0.113. The van der Waals surface area contributed by atoms with Crippen molar-refractivity contribution in [3.63, 3.8) is 0 Å². The molecule has 2 aliphatic rings. The van der Waals surface area contributed by atoms with E-state index in [0.29, 0.717) is 0 Å². The number of fused-ring (bicyclic) bond motifs is 2. The Bertz CT molecular complexity index is 372. The first kappa shape index (κ1) is 8.12. The van der Waals surface area contributed by atoms with Gasteiger partial charge >= 0.3 is 0 Å². The molecule has 3 heteroatoms. The molecule has 0 aromatic heterocycles. The van der Waals surface area contributed by atoms with E-state index in [0.717, 1.165) is 24.7 Å². The van der Waals surface area contributed by atoms with Crippen LogP contribution >= 0.6 is 0 Å². The van der Waals surface area contributed by atoms with Gasteiger partial charge in [0, 0.05) is 11.6 Å². The standard InChI is InChI=1S/C11H13NO2/c1-13-8-2-3-9-10(6-8)14-7-11(9)4-5-12-11/h2-3,6,12H,4-5,7H2,1H3/t11-/m1/s1. The van der Waals surface area contributed by atoms with Crippen molar-refractivity contribution in [2.75, 3.05) is 20.3 Å². The van der Waals surface area contributed by atoms with E-state index in [4.69, 9.17) is 9.47 Å². The van der Waals surface area contributed by atoms with E-state index in [1.807, 2.05) is 12.1 Å². The molecule has 1 aromatic carbocycles. The summed E-state index contributed by atoms with van der Waals surface area (Å²) in [5.74, 6) is 1.83. The van der Waals surface area contributed by atoms with Crippen LogP contribution in [0, 0.1) is 0 Å². The fraction of sp³-hybridized carbons (Fsp3) is 0.455. The minimum Gasteiger partial charge on any atom is -0.497 e. The third-order valence-corrected chi connectivity index (χ3v) is 3.19. The van der Waals surface area contributed by atoms with Gasteiger partial charge in [0.2, 0.25) is 0 Å². The Morgan fingerprint density at radius 2 is 2.36 bits per heavy atom. The van der Waals surface area contributed by atoms with E-state index in [-0.39, 0.29) is 5.54 Å². The highest BCUT2D eigenvalue weighted by atomic mass is 16.5. The van der Waals surface area contributed by atoms with Crippen molar-refractivity contribution >= 4 is 0 Å². The Balaban J connectivity index is 2.04. The Kier molecular flexibility index (Phi) is 1.53. The largest absolute Gasteiger partial charge is 0.497 e. The summed E-state index contributed by atoms with van der Waals surface area (Å²) in [4.78, 5) is 0. The fourth-order valence-corrected chi connectivity index (χ4v) is 2.20. The maximum absolute atomic E-state index is 5.66. The van der Waals surface area contributed by atoms with Crippen LogP contribution in [-0.2, 0) is 5.54 Å². The lowest BCUT2D eigenvalue weighted by Crippen LogP contribution is -2.55. The van der Waals surface area contributed by atoms with Gasteiger partial charge in [0.25, 0.3) is 0 Å². The van der Waals surface area contributed by atoms with E-state index >= 15 is 0 Å². The van der Waals surface area contributed by atoms with Crippen molar-refractivity contribution in [3.8, 4) is 11.5 Å². The molecular weight excluding hydrogens is 178 g/mol. The summed E-state index contributed by atoms with van der Waals surface area (Å²) in [5, 5.41) is 3.45. The van der Waals surface area contributed by atoms with Gasteiger partial charge in [-0.3, -0.25) is 0 Å². The SMILES string of the molecule is COc1ccc2c(c1)OC[C@]21CCN1. The lowest BCUT2D eigenvalue weighted by Gasteiger charge is -2.38. The highest BCUT2D eigenvalue weighted by Gasteiger charge is 2.45. The van der Waals surface area contributed by atoms with Crippen LogP contribution in [0.1, 0.15) is 12.0 Å². The molecule has 0 unspecified atom stereocenters. The first-order chi connectivity index (χ1) is 6.84. The summed E-state index contributed by atoms with van der Waals surface area (Å²) in [5.41, 5.74) is 1.39. The summed E-state index contributed by atoms with van der Waals surface area (Å²) in [6.45, 7) is 1.85. The zero-order valence-electron chi connectivity index (χ0n) is 8.17. The average Bonchev–Trinajstić information content (AvgIpc) is 2.55. The molecule has 3 nitrogen and oxygen atoms in total. The monoisotopic (exact) mass is 191 g/mol. The van der Waals surface area contributed by atoms with Crippen LogP contribution in [-0.4, -0.2) is 20.3 Å². The molecule has 0 radical (unpaired) electrons. The predicted octanol–water partition coefficient (Wildman–Crippen LogP) is 1.28. The predicted molar refractivity (Wildman–Crippen MR) is 52.8 cm³/mol. The van der Waals surface area contributed by atoms with Gasteiger partial charge in [-0.1, -0.05) is 0 Å². The van der Waals surface area contributed by atoms with Gasteiger partial charge in [-0.15, -0.1) is 0 Å². The Morgan fingerprint density at radius 3 is 3.00 bits per heavy atom. The minimum atomic E-state index is 0.113. The molecule has 0 saturated carbocycles. The molecule has 2 heterocycles. The Morgan fingerprint density at radius 1 is 1.50 bits per heavy atom. The summed E-state index contributed by atoms with van der Waals surface area (Å²) in [6, 6.07) is 6.06. The van der Waals surface area contributed by atoms with Gasteiger partial charge in [0.05, 0.1) is 12.6 Å². The molecule has 0 aliphatic carbocycles. The zero-order chi connectivity index (χ0) is 9.60. The number of ether oxygens (including phenoxy) is 2. The van der Waals surface area contributed by atoms with Crippen molar-refractivity contribution in [3.05, 3.63) is 23.8 Å². The molecule has 74 valence electrons. The van der Waals surface area contributed by atoms with Crippen molar-refractivity contribution in [1.29, 1.82) is 0 Å². The highest BCUT2D eigenvalue weighted by molar-refractivity contribution is 5.48. The van der Waals surface area contributed by atoms with Crippen molar-refractivity contribution in [1.82, 2.24) is 5.32 Å². The van der Waals surface area contributed by atoms with Gasteiger partial charge in [0.15, 0.2) is 0 Å². The lowest BCUT2D eigenvalue weighted by atomic mass is 9.83. The number of rotatable bonds is 1. The first-order valence-electron chi connectivity index (χ1n) is 4.90. The van der Waals surface area contributed by atoms with Gasteiger partial charge < -0.3 is 14.8 Å². The van der Waals surface area contributed by atoms with E-state index in [9.17, 15) is 0 Å². The number of methoxy groups -OCH3 is 1. The molecule has 1 aromatic rings. The molecule has 0 bridgehead atoms. The van der Waals surface area contributed by atoms with Gasteiger partial charge in [0.1, 0.15) is 18.1 Å². The second-order valence-electron chi connectivity index (χ2n) is 3.91. The molecule has 1 saturated heterocycles. The number of hydrogen-bond acceptors (Lipinski definition) is 3. The normalized spacial score (nSPS) is 28.1. The molecule has 1 atom stereocenters. The van der Waals surface area contributed by atoms with Crippen LogP contribution in [0.3, 0.4) is 0 Å².